The van der Waals surface area contributed by atoms with Gasteiger partial charge in [0.15, 0.2) is 11.5 Å². The summed E-state index contributed by atoms with van der Waals surface area (Å²) in [5.74, 6) is 0.614. The molecular weight excluding hydrogens is 486 g/mol. The lowest BCUT2D eigenvalue weighted by molar-refractivity contribution is -0.123. The van der Waals surface area contributed by atoms with Gasteiger partial charge in [0.1, 0.15) is 4.32 Å². The van der Waals surface area contributed by atoms with Crippen LogP contribution in [0, 0.1) is 6.92 Å². The molecule has 2 aromatic rings. The number of rotatable bonds is 8. The molecular formula is C25H25N3O5S2. The van der Waals surface area contributed by atoms with Crippen LogP contribution < -0.4 is 20.3 Å². The Balaban J connectivity index is 1.16. The molecule has 8 nitrogen and oxygen atoms in total. The molecule has 3 amide bonds. The number of thiocarbonyl (C=S) groups is 1. The van der Waals surface area contributed by atoms with Gasteiger partial charge in [-0.1, -0.05) is 54.2 Å². The van der Waals surface area contributed by atoms with Crippen LogP contribution in [0.1, 0.15) is 47.2 Å². The number of carbonyl (C=O) groups excluding carboxylic acids is 3. The molecule has 4 rings (SSSR count). The first kappa shape index (κ1) is 24.7. The lowest BCUT2D eigenvalue weighted by Gasteiger charge is -2.14. The van der Waals surface area contributed by atoms with Crippen molar-refractivity contribution in [1.29, 1.82) is 0 Å². The third kappa shape index (κ3) is 6.40. The Kier molecular flexibility index (Phi) is 8.04. The summed E-state index contributed by atoms with van der Waals surface area (Å²) in [5, 5.41) is 0. The lowest BCUT2D eigenvalue weighted by atomic mass is 10.1. The molecule has 0 radical (unpaired) electrons. The zero-order valence-corrected chi connectivity index (χ0v) is 20.8. The fourth-order valence-corrected chi connectivity index (χ4v) is 4.85. The van der Waals surface area contributed by atoms with Crippen LogP contribution in [0.25, 0.3) is 6.08 Å². The number of ether oxygens (including phenoxy) is 2. The molecule has 182 valence electrons. The highest BCUT2D eigenvalue weighted by molar-refractivity contribution is 8.26. The standard InChI is InChI=1S/C25H25N3O5S2/c1-16-6-9-18(10-7-16)23(30)27-26-22(29)5-3-2-4-12-28-24(31)21(35-25(28)34)14-17-8-11-19-20(13-17)33-15-32-19/h6-11,13-14H,2-5,12,15H2,1H3,(H,26,29)(H,27,30)/b21-14-. The predicted molar refractivity (Wildman–Crippen MR) is 138 cm³/mol. The van der Waals surface area contributed by atoms with Gasteiger partial charge in [0.2, 0.25) is 12.7 Å². The van der Waals surface area contributed by atoms with E-state index in [0.29, 0.717) is 45.7 Å². The van der Waals surface area contributed by atoms with Crippen molar-refractivity contribution in [1.82, 2.24) is 15.8 Å². The van der Waals surface area contributed by atoms with Gasteiger partial charge in [-0.15, -0.1) is 0 Å². The number of unbranched alkanes of at least 4 members (excludes halogenated alkanes) is 2. The van der Waals surface area contributed by atoms with E-state index in [4.69, 9.17) is 21.7 Å². The van der Waals surface area contributed by atoms with Crippen LogP contribution in [0.5, 0.6) is 11.5 Å². The van der Waals surface area contributed by atoms with Crippen LogP contribution in [0.4, 0.5) is 0 Å². The number of hydrazine groups is 1. The molecule has 0 saturated carbocycles. The van der Waals surface area contributed by atoms with Gasteiger partial charge in [-0.05, 0) is 55.7 Å². The van der Waals surface area contributed by atoms with Crippen molar-refractivity contribution in [2.45, 2.75) is 32.6 Å². The Morgan fingerprint density at radius 2 is 1.83 bits per heavy atom. The largest absolute Gasteiger partial charge is 0.454 e. The van der Waals surface area contributed by atoms with Crippen molar-refractivity contribution in [2.75, 3.05) is 13.3 Å². The second-order valence-corrected chi connectivity index (χ2v) is 9.80. The maximum Gasteiger partial charge on any atom is 0.269 e. The van der Waals surface area contributed by atoms with E-state index < -0.39 is 0 Å². The van der Waals surface area contributed by atoms with E-state index in [-0.39, 0.29) is 30.9 Å². The normalized spacial score (nSPS) is 15.6. The van der Waals surface area contributed by atoms with Crippen molar-refractivity contribution in [2.24, 2.45) is 0 Å². The quantitative estimate of drug-likeness (QED) is 0.240. The van der Waals surface area contributed by atoms with E-state index in [1.165, 1.54) is 11.8 Å². The number of benzene rings is 2. The highest BCUT2D eigenvalue weighted by Crippen LogP contribution is 2.36. The first-order chi connectivity index (χ1) is 16.9. The van der Waals surface area contributed by atoms with Crippen LogP contribution in [0.15, 0.2) is 47.4 Å². The molecule has 1 saturated heterocycles. The maximum atomic E-state index is 12.8. The monoisotopic (exact) mass is 511 g/mol. The summed E-state index contributed by atoms with van der Waals surface area (Å²) in [4.78, 5) is 39.0. The Labute approximate surface area is 213 Å². The second-order valence-electron chi connectivity index (χ2n) is 8.13. The second kappa shape index (κ2) is 11.4. The van der Waals surface area contributed by atoms with E-state index in [2.05, 4.69) is 10.9 Å². The predicted octanol–water partition coefficient (Wildman–Crippen LogP) is 3.95. The molecule has 2 heterocycles. The van der Waals surface area contributed by atoms with Gasteiger partial charge >= 0.3 is 0 Å². The highest BCUT2D eigenvalue weighted by Gasteiger charge is 2.31. The molecule has 2 aromatic carbocycles. The fourth-order valence-electron chi connectivity index (χ4n) is 3.55. The van der Waals surface area contributed by atoms with Gasteiger partial charge in [0.05, 0.1) is 4.91 Å². The number of hydrogen-bond donors (Lipinski definition) is 2. The average Bonchev–Trinajstić information content (AvgIpc) is 3.42. The molecule has 10 heteroatoms. The van der Waals surface area contributed by atoms with Gasteiger partial charge in [-0.25, -0.2) is 0 Å². The molecule has 0 aromatic heterocycles. The van der Waals surface area contributed by atoms with Crippen molar-refractivity contribution < 1.29 is 23.9 Å². The van der Waals surface area contributed by atoms with Crippen LogP contribution in [-0.4, -0.2) is 40.3 Å². The van der Waals surface area contributed by atoms with Gasteiger partial charge in [-0.2, -0.15) is 0 Å². The van der Waals surface area contributed by atoms with E-state index in [0.717, 1.165) is 17.5 Å². The van der Waals surface area contributed by atoms with E-state index in [9.17, 15) is 14.4 Å². The molecule has 2 aliphatic rings. The molecule has 35 heavy (non-hydrogen) atoms. The highest BCUT2D eigenvalue weighted by atomic mass is 32.2. The van der Waals surface area contributed by atoms with Gasteiger partial charge in [0.25, 0.3) is 11.8 Å². The Bertz CT molecular complexity index is 1180. The first-order valence-corrected chi connectivity index (χ1v) is 12.4. The molecule has 0 bridgehead atoms. The average molecular weight is 512 g/mol. The van der Waals surface area contributed by atoms with Crippen LogP contribution >= 0.6 is 24.0 Å². The van der Waals surface area contributed by atoms with Crippen molar-refractivity contribution >= 4 is 52.1 Å². The fraction of sp³-hybridized carbons (Fsp3) is 0.280. The topological polar surface area (TPSA) is 97.0 Å². The molecule has 0 atom stereocenters. The summed E-state index contributed by atoms with van der Waals surface area (Å²) in [6.07, 6.45) is 4.17. The van der Waals surface area contributed by atoms with E-state index in [1.807, 2.05) is 37.3 Å². The molecule has 0 unspecified atom stereocenters. The maximum absolute atomic E-state index is 12.8. The van der Waals surface area contributed by atoms with Gasteiger partial charge in [0, 0.05) is 18.5 Å². The minimum absolute atomic E-state index is 0.116. The van der Waals surface area contributed by atoms with Crippen molar-refractivity contribution in [3.8, 4) is 11.5 Å². The summed E-state index contributed by atoms with van der Waals surface area (Å²) in [6.45, 7) is 2.63. The number of hydrogen-bond acceptors (Lipinski definition) is 7. The number of thioether (sulfide) groups is 1. The van der Waals surface area contributed by atoms with Crippen LogP contribution in [0.2, 0.25) is 0 Å². The summed E-state index contributed by atoms with van der Waals surface area (Å²) >= 11 is 6.67. The van der Waals surface area contributed by atoms with E-state index in [1.54, 1.807) is 23.1 Å². The lowest BCUT2D eigenvalue weighted by Crippen LogP contribution is -2.41. The van der Waals surface area contributed by atoms with Gasteiger partial charge in [-0.3, -0.25) is 30.1 Å². The summed E-state index contributed by atoms with van der Waals surface area (Å²) in [7, 11) is 0. The minimum Gasteiger partial charge on any atom is -0.454 e. The number of aryl methyl sites for hydroxylation is 1. The first-order valence-electron chi connectivity index (χ1n) is 11.2. The number of fused-ring (bicyclic) bond motifs is 1. The molecule has 2 aliphatic heterocycles. The van der Waals surface area contributed by atoms with E-state index >= 15 is 0 Å². The zero-order valence-electron chi connectivity index (χ0n) is 19.2. The minimum atomic E-state index is -0.360. The summed E-state index contributed by atoms with van der Waals surface area (Å²) < 4.78 is 11.2. The Morgan fingerprint density at radius 1 is 1.06 bits per heavy atom. The third-order valence-electron chi connectivity index (χ3n) is 5.48. The summed E-state index contributed by atoms with van der Waals surface area (Å²) in [6, 6.07) is 12.6. The summed E-state index contributed by atoms with van der Waals surface area (Å²) in [5.41, 5.74) is 7.23. The van der Waals surface area contributed by atoms with Gasteiger partial charge < -0.3 is 9.47 Å². The van der Waals surface area contributed by atoms with Crippen LogP contribution in [-0.2, 0) is 9.59 Å². The van der Waals surface area contributed by atoms with Crippen molar-refractivity contribution in [3.63, 3.8) is 0 Å². The van der Waals surface area contributed by atoms with Crippen LogP contribution in [0.3, 0.4) is 0 Å². The smallest absolute Gasteiger partial charge is 0.269 e. The zero-order chi connectivity index (χ0) is 24.8. The molecule has 2 N–H and O–H groups in total. The Hall–Kier alpha value is -3.37. The number of carbonyl (C=O) groups is 3. The number of nitrogens with zero attached hydrogens (tertiary/aromatic N) is 1. The SMILES string of the molecule is Cc1ccc(C(=O)NNC(=O)CCCCCN2C(=O)/C(=C/c3ccc4c(c3)OCO4)SC2=S)cc1. The number of nitrogens with one attached hydrogen (secondary N) is 2. The third-order valence-corrected chi connectivity index (χ3v) is 6.86. The molecule has 0 aliphatic carbocycles. The Morgan fingerprint density at radius 3 is 2.63 bits per heavy atom. The van der Waals surface area contributed by atoms with Crippen molar-refractivity contribution in [3.05, 3.63) is 64.1 Å². The molecule has 1 fully saturated rings. The number of amides is 3. The molecule has 0 spiro atoms.